The molecule has 3 rings (SSSR count). The minimum atomic E-state index is -0.676. The first-order chi connectivity index (χ1) is 14.3. The van der Waals surface area contributed by atoms with E-state index in [1.54, 1.807) is 25.1 Å². The standard InChI is InChI=1S/C22H26ClN5O2/c1-13(21(29)27-11-16-8-7-15(20(24)25)9-18(16)23)28-22(30)19-10-17(12-26-19)14-5-3-2-4-6-14/h2-9,13,17,19,26H,10-12H2,1H3,(H3,24,25)(H,27,29)(H,28,30)/t13?,17-,19+/m0/s1. The number of nitrogens with two attached hydrogens (primary N) is 1. The Morgan fingerprint density at radius 2 is 2.00 bits per heavy atom. The van der Waals surface area contributed by atoms with Crippen LogP contribution in [0, 0.1) is 5.41 Å². The number of benzene rings is 2. The first-order valence-corrected chi connectivity index (χ1v) is 10.2. The van der Waals surface area contributed by atoms with Crippen molar-refractivity contribution in [1.82, 2.24) is 16.0 Å². The second kappa shape index (κ2) is 9.73. The Balaban J connectivity index is 1.48. The summed E-state index contributed by atoms with van der Waals surface area (Å²) in [5.41, 5.74) is 7.88. The van der Waals surface area contributed by atoms with E-state index in [0.717, 1.165) is 6.54 Å². The molecule has 0 aromatic heterocycles. The number of carbonyl (C=O) groups is 2. The van der Waals surface area contributed by atoms with E-state index in [1.807, 2.05) is 18.2 Å². The fourth-order valence-electron chi connectivity index (χ4n) is 3.49. The smallest absolute Gasteiger partial charge is 0.242 e. The molecule has 1 fully saturated rings. The molecule has 2 amide bonds. The molecule has 0 saturated carbocycles. The number of carbonyl (C=O) groups excluding carboxylic acids is 2. The molecule has 2 aromatic carbocycles. The van der Waals surface area contributed by atoms with Gasteiger partial charge in [0.05, 0.1) is 6.04 Å². The Morgan fingerprint density at radius 3 is 2.67 bits per heavy atom. The molecule has 0 bridgehead atoms. The molecule has 0 spiro atoms. The van der Waals surface area contributed by atoms with Crippen molar-refractivity contribution in [2.75, 3.05) is 6.54 Å². The van der Waals surface area contributed by atoms with E-state index < -0.39 is 6.04 Å². The monoisotopic (exact) mass is 427 g/mol. The predicted octanol–water partition coefficient (Wildman–Crippen LogP) is 1.89. The van der Waals surface area contributed by atoms with Crippen LogP contribution in [0.2, 0.25) is 5.02 Å². The van der Waals surface area contributed by atoms with Gasteiger partial charge >= 0.3 is 0 Å². The number of halogens is 1. The lowest BCUT2D eigenvalue weighted by molar-refractivity contribution is -0.129. The number of nitrogens with one attached hydrogen (secondary N) is 4. The fraction of sp³-hybridized carbons (Fsp3) is 0.318. The van der Waals surface area contributed by atoms with Gasteiger partial charge in [0.25, 0.3) is 0 Å². The summed E-state index contributed by atoms with van der Waals surface area (Å²) in [5.74, 6) is -0.266. The molecule has 0 radical (unpaired) electrons. The summed E-state index contributed by atoms with van der Waals surface area (Å²) in [6.07, 6.45) is 0.697. The zero-order valence-electron chi connectivity index (χ0n) is 16.7. The summed E-state index contributed by atoms with van der Waals surface area (Å²) in [6, 6.07) is 14.1. The third kappa shape index (κ3) is 5.37. The molecule has 1 aliphatic heterocycles. The van der Waals surface area contributed by atoms with Crippen LogP contribution in [-0.4, -0.2) is 36.3 Å². The molecule has 7 nitrogen and oxygen atoms in total. The molecule has 1 saturated heterocycles. The Bertz CT molecular complexity index is 934. The number of amidine groups is 1. The summed E-state index contributed by atoms with van der Waals surface area (Å²) >= 11 is 6.19. The van der Waals surface area contributed by atoms with Gasteiger partial charge in [0, 0.05) is 23.7 Å². The van der Waals surface area contributed by atoms with Gasteiger partial charge in [0.2, 0.25) is 11.8 Å². The maximum Gasteiger partial charge on any atom is 0.242 e. The molecule has 30 heavy (non-hydrogen) atoms. The normalized spacial score (nSPS) is 19.1. The molecule has 1 heterocycles. The molecule has 8 heteroatoms. The first-order valence-electron chi connectivity index (χ1n) is 9.84. The van der Waals surface area contributed by atoms with Gasteiger partial charge in [-0.3, -0.25) is 15.0 Å². The molecule has 6 N–H and O–H groups in total. The maximum atomic E-state index is 12.6. The van der Waals surface area contributed by atoms with E-state index in [-0.39, 0.29) is 36.2 Å². The molecule has 3 atom stereocenters. The minimum absolute atomic E-state index is 0.0705. The van der Waals surface area contributed by atoms with Crippen molar-refractivity contribution in [3.8, 4) is 0 Å². The molecule has 2 aromatic rings. The molecule has 158 valence electrons. The Kier molecular flexibility index (Phi) is 7.07. The highest BCUT2D eigenvalue weighted by Crippen LogP contribution is 2.25. The number of rotatable bonds is 7. The second-order valence-corrected chi connectivity index (χ2v) is 7.88. The van der Waals surface area contributed by atoms with Crippen LogP contribution >= 0.6 is 11.6 Å². The second-order valence-electron chi connectivity index (χ2n) is 7.47. The van der Waals surface area contributed by atoms with Crippen LogP contribution in [0.25, 0.3) is 0 Å². The quantitative estimate of drug-likeness (QED) is 0.342. The van der Waals surface area contributed by atoms with Gasteiger partial charge in [-0.1, -0.05) is 54.1 Å². The highest BCUT2D eigenvalue weighted by atomic mass is 35.5. The highest BCUT2D eigenvalue weighted by molar-refractivity contribution is 6.31. The van der Waals surface area contributed by atoms with Gasteiger partial charge in [-0.15, -0.1) is 0 Å². The van der Waals surface area contributed by atoms with Gasteiger partial charge in [-0.25, -0.2) is 0 Å². The Morgan fingerprint density at radius 1 is 1.27 bits per heavy atom. The number of hydrogen-bond donors (Lipinski definition) is 5. The minimum Gasteiger partial charge on any atom is -0.384 e. The van der Waals surface area contributed by atoms with E-state index in [0.29, 0.717) is 22.6 Å². The molecular weight excluding hydrogens is 402 g/mol. The summed E-state index contributed by atoms with van der Waals surface area (Å²) < 4.78 is 0. The zero-order chi connectivity index (χ0) is 21.7. The topological polar surface area (TPSA) is 120 Å². The largest absolute Gasteiger partial charge is 0.384 e. The van der Waals surface area contributed by atoms with E-state index in [4.69, 9.17) is 22.7 Å². The molecule has 1 unspecified atom stereocenters. The van der Waals surface area contributed by atoms with Crippen molar-refractivity contribution < 1.29 is 9.59 Å². The van der Waals surface area contributed by atoms with Crippen LogP contribution in [0.1, 0.15) is 36.0 Å². The molecular formula is C22H26ClN5O2. The first kappa shape index (κ1) is 21.8. The van der Waals surface area contributed by atoms with Crippen LogP contribution < -0.4 is 21.7 Å². The molecule has 0 aliphatic carbocycles. The van der Waals surface area contributed by atoms with Crippen molar-refractivity contribution in [3.05, 3.63) is 70.2 Å². The van der Waals surface area contributed by atoms with Crippen LogP contribution in [0.5, 0.6) is 0 Å². The average Bonchev–Trinajstić information content (AvgIpc) is 3.23. The van der Waals surface area contributed by atoms with E-state index in [2.05, 4.69) is 28.1 Å². The van der Waals surface area contributed by atoms with Crippen molar-refractivity contribution in [2.45, 2.75) is 37.9 Å². The lowest BCUT2D eigenvalue weighted by Crippen LogP contribution is -2.49. The highest BCUT2D eigenvalue weighted by Gasteiger charge is 2.31. The summed E-state index contributed by atoms with van der Waals surface area (Å²) in [5, 5.41) is 16.6. The van der Waals surface area contributed by atoms with Gasteiger partial charge in [0.15, 0.2) is 0 Å². The van der Waals surface area contributed by atoms with Gasteiger partial charge < -0.3 is 21.7 Å². The SMILES string of the molecule is CC(NC(=O)[C@H]1C[C@H](c2ccccc2)CN1)C(=O)NCc1ccc(C(=N)N)cc1Cl. The van der Waals surface area contributed by atoms with Crippen molar-refractivity contribution in [3.63, 3.8) is 0 Å². The Hall–Kier alpha value is -2.90. The summed E-state index contributed by atoms with van der Waals surface area (Å²) in [6.45, 7) is 2.60. The number of amides is 2. The van der Waals surface area contributed by atoms with E-state index >= 15 is 0 Å². The van der Waals surface area contributed by atoms with E-state index in [9.17, 15) is 9.59 Å². The van der Waals surface area contributed by atoms with Crippen molar-refractivity contribution >= 4 is 29.3 Å². The van der Waals surface area contributed by atoms with Gasteiger partial charge in [0.1, 0.15) is 11.9 Å². The van der Waals surface area contributed by atoms with Crippen molar-refractivity contribution in [1.29, 1.82) is 5.41 Å². The predicted molar refractivity (Wildman–Crippen MR) is 118 cm³/mol. The maximum absolute atomic E-state index is 12.6. The summed E-state index contributed by atoms with van der Waals surface area (Å²) in [7, 11) is 0. The van der Waals surface area contributed by atoms with Crippen LogP contribution in [0.3, 0.4) is 0 Å². The average molecular weight is 428 g/mol. The van der Waals surface area contributed by atoms with Crippen molar-refractivity contribution in [2.24, 2.45) is 5.73 Å². The molecule has 1 aliphatic rings. The summed E-state index contributed by atoms with van der Waals surface area (Å²) in [4.78, 5) is 25.0. The third-order valence-corrected chi connectivity index (χ3v) is 5.64. The van der Waals surface area contributed by atoms with E-state index in [1.165, 1.54) is 5.56 Å². The Labute approximate surface area is 180 Å². The lowest BCUT2D eigenvalue weighted by Gasteiger charge is -2.17. The number of nitrogen functional groups attached to an aromatic ring is 1. The zero-order valence-corrected chi connectivity index (χ0v) is 17.5. The lowest BCUT2D eigenvalue weighted by atomic mass is 9.96. The third-order valence-electron chi connectivity index (χ3n) is 5.29. The van der Waals surface area contributed by atoms with Gasteiger partial charge in [-0.2, -0.15) is 0 Å². The number of hydrogen-bond acceptors (Lipinski definition) is 4. The van der Waals surface area contributed by atoms with Crippen LogP contribution in [-0.2, 0) is 16.1 Å². The van der Waals surface area contributed by atoms with Crippen LogP contribution in [0.15, 0.2) is 48.5 Å². The van der Waals surface area contributed by atoms with Gasteiger partial charge in [-0.05, 0) is 36.5 Å². The fourth-order valence-corrected chi connectivity index (χ4v) is 3.74. The van der Waals surface area contributed by atoms with Crippen LogP contribution in [0.4, 0.5) is 0 Å².